The number of pyridine rings is 1. The monoisotopic (exact) mass is 246 g/mol. The highest BCUT2D eigenvalue weighted by molar-refractivity contribution is 5.75. The van der Waals surface area contributed by atoms with Gasteiger partial charge in [0.2, 0.25) is 5.91 Å². The van der Waals surface area contributed by atoms with Crippen molar-refractivity contribution in [2.75, 3.05) is 6.54 Å². The molecule has 2 rings (SSSR count). The van der Waals surface area contributed by atoms with Gasteiger partial charge in [-0.05, 0) is 32.0 Å². The standard InChI is InChI=1S/C13H18N4O/c1-10-4-2-5-12-16-11(9-17(10)12)8-15-13(18)6-3-7-14/h2,4-5,9H,3,6-8,14H2,1H3,(H,15,18). The van der Waals surface area contributed by atoms with Gasteiger partial charge in [-0.1, -0.05) is 6.07 Å². The molecular formula is C13H18N4O. The van der Waals surface area contributed by atoms with Crippen LogP contribution in [0.3, 0.4) is 0 Å². The number of fused-ring (bicyclic) bond motifs is 1. The van der Waals surface area contributed by atoms with Crippen molar-refractivity contribution in [2.45, 2.75) is 26.3 Å². The van der Waals surface area contributed by atoms with Crippen molar-refractivity contribution in [3.63, 3.8) is 0 Å². The molecule has 0 aliphatic carbocycles. The summed E-state index contributed by atoms with van der Waals surface area (Å²) in [6.45, 7) is 3.03. The lowest BCUT2D eigenvalue weighted by atomic mass is 10.3. The van der Waals surface area contributed by atoms with E-state index in [9.17, 15) is 4.79 Å². The number of carbonyl (C=O) groups excluding carboxylic acids is 1. The van der Waals surface area contributed by atoms with E-state index < -0.39 is 0 Å². The normalized spacial score (nSPS) is 10.8. The predicted molar refractivity (Wildman–Crippen MR) is 70.1 cm³/mol. The topological polar surface area (TPSA) is 72.4 Å². The van der Waals surface area contributed by atoms with Gasteiger partial charge in [-0.15, -0.1) is 0 Å². The predicted octanol–water partition coefficient (Wildman–Crippen LogP) is 0.998. The number of rotatable bonds is 5. The minimum atomic E-state index is 0.0224. The first-order valence-corrected chi connectivity index (χ1v) is 6.11. The number of aromatic nitrogens is 2. The van der Waals surface area contributed by atoms with Crippen LogP contribution in [0.25, 0.3) is 5.65 Å². The third-order valence-corrected chi connectivity index (χ3v) is 2.82. The summed E-state index contributed by atoms with van der Waals surface area (Å²) >= 11 is 0. The number of nitrogens with one attached hydrogen (secondary N) is 1. The fraction of sp³-hybridized carbons (Fsp3) is 0.385. The highest BCUT2D eigenvalue weighted by Gasteiger charge is 2.05. The van der Waals surface area contributed by atoms with E-state index in [1.165, 1.54) is 0 Å². The third kappa shape index (κ3) is 2.87. The molecule has 2 heterocycles. The van der Waals surface area contributed by atoms with Gasteiger partial charge < -0.3 is 15.5 Å². The number of hydrogen-bond donors (Lipinski definition) is 2. The molecule has 5 nitrogen and oxygen atoms in total. The maximum Gasteiger partial charge on any atom is 0.220 e. The largest absolute Gasteiger partial charge is 0.350 e. The molecule has 0 bridgehead atoms. The molecule has 2 aromatic heterocycles. The molecule has 18 heavy (non-hydrogen) atoms. The second-order valence-corrected chi connectivity index (χ2v) is 4.30. The molecular weight excluding hydrogens is 228 g/mol. The Kier molecular flexibility index (Phi) is 3.94. The summed E-state index contributed by atoms with van der Waals surface area (Å²) in [4.78, 5) is 15.9. The molecule has 0 radical (unpaired) electrons. The molecule has 3 N–H and O–H groups in total. The highest BCUT2D eigenvalue weighted by atomic mass is 16.1. The van der Waals surface area contributed by atoms with E-state index in [2.05, 4.69) is 10.3 Å². The Morgan fingerprint density at radius 3 is 3.06 bits per heavy atom. The minimum absolute atomic E-state index is 0.0224. The quantitative estimate of drug-likeness (QED) is 0.826. The van der Waals surface area contributed by atoms with Crippen LogP contribution < -0.4 is 11.1 Å². The first-order valence-electron chi connectivity index (χ1n) is 6.11. The van der Waals surface area contributed by atoms with Crippen molar-refractivity contribution in [2.24, 2.45) is 5.73 Å². The van der Waals surface area contributed by atoms with Crippen LogP contribution in [0.2, 0.25) is 0 Å². The van der Waals surface area contributed by atoms with Crippen molar-refractivity contribution in [3.8, 4) is 0 Å². The van der Waals surface area contributed by atoms with Crippen molar-refractivity contribution < 1.29 is 4.79 Å². The average Bonchev–Trinajstić information content (AvgIpc) is 2.78. The summed E-state index contributed by atoms with van der Waals surface area (Å²) in [5.74, 6) is 0.0224. The van der Waals surface area contributed by atoms with Crippen LogP contribution in [0.1, 0.15) is 24.2 Å². The van der Waals surface area contributed by atoms with E-state index in [0.29, 0.717) is 19.5 Å². The van der Waals surface area contributed by atoms with Crippen molar-refractivity contribution >= 4 is 11.6 Å². The van der Waals surface area contributed by atoms with E-state index in [4.69, 9.17) is 5.73 Å². The Hall–Kier alpha value is -1.88. The average molecular weight is 246 g/mol. The molecule has 1 amide bonds. The Morgan fingerprint density at radius 2 is 2.33 bits per heavy atom. The molecule has 0 saturated carbocycles. The highest BCUT2D eigenvalue weighted by Crippen LogP contribution is 2.08. The minimum Gasteiger partial charge on any atom is -0.350 e. The van der Waals surface area contributed by atoms with E-state index >= 15 is 0 Å². The van der Waals surface area contributed by atoms with Crippen LogP contribution in [0.5, 0.6) is 0 Å². The molecule has 0 unspecified atom stereocenters. The zero-order valence-electron chi connectivity index (χ0n) is 10.5. The molecule has 2 aromatic rings. The van der Waals surface area contributed by atoms with E-state index in [0.717, 1.165) is 23.5 Å². The fourth-order valence-corrected chi connectivity index (χ4v) is 1.82. The lowest BCUT2D eigenvalue weighted by Gasteiger charge is -2.01. The second kappa shape index (κ2) is 5.64. The molecule has 0 fully saturated rings. The summed E-state index contributed by atoms with van der Waals surface area (Å²) < 4.78 is 2.02. The van der Waals surface area contributed by atoms with Gasteiger partial charge >= 0.3 is 0 Å². The number of amides is 1. The lowest BCUT2D eigenvalue weighted by Crippen LogP contribution is -2.23. The van der Waals surface area contributed by atoms with Gasteiger partial charge in [0.05, 0.1) is 12.2 Å². The number of aryl methyl sites for hydroxylation is 1. The van der Waals surface area contributed by atoms with Crippen LogP contribution >= 0.6 is 0 Å². The summed E-state index contributed by atoms with van der Waals surface area (Å²) in [7, 11) is 0. The first kappa shape index (κ1) is 12.6. The number of carbonyl (C=O) groups is 1. The van der Waals surface area contributed by atoms with Crippen molar-refractivity contribution in [1.82, 2.24) is 14.7 Å². The van der Waals surface area contributed by atoms with Crippen LogP contribution in [-0.2, 0) is 11.3 Å². The molecule has 5 heteroatoms. The van der Waals surface area contributed by atoms with Gasteiger partial charge in [0.1, 0.15) is 5.65 Å². The summed E-state index contributed by atoms with van der Waals surface area (Å²) in [5, 5.41) is 2.84. The lowest BCUT2D eigenvalue weighted by molar-refractivity contribution is -0.121. The zero-order chi connectivity index (χ0) is 13.0. The van der Waals surface area contributed by atoms with Gasteiger partial charge in [-0.25, -0.2) is 4.98 Å². The number of nitrogens with two attached hydrogens (primary N) is 1. The molecule has 0 aliphatic heterocycles. The molecule has 0 aliphatic rings. The van der Waals surface area contributed by atoms with Crippen LogP contribution in [-0.4, -0.2) is 21.8 Å². The Labute approximate surface area is 106 Å². The Morgan fingerprint density at radius 1 is 1.50 bits per heavy atom. The summed E-state index contributed by atoms with van der Waals surface area (Å²) in [5.41, 5.74) is 8.25. The fourth-order valence-electron chi connectivity index (χ4n) is 1.82. The SMILES string of the molecule is Cc1cccc2nc(CNC(=O)CCCN)cn12. The smallest absolute Gasteiger partial charge is 0.220 e. The van der Waals surface area contributed by atoms with Gasteiger partial charge in [0.25, 0.3) is 0 Å². The molecule has 0 spiro atoms. The number of hydrogen-bond acceptors (Lipinski definition) is 3. The maximum absolute atomic E-state index is 11.5. The van der Waals surface area contributed by atoms with Gasteiger partial charge in [-0.2, -0.15) is 0 Å². The third-order valence-electron chi connectivity index (χ3n) is 2.82. The number of imidazole rings is 1. The second-order valence-electron chi connectivity index (χ2n) is 4.30. The molecule has 0 aromatic carbocycles. The van der Waals surface area contributed by atoms with Crippen molar-refractivity contribution in [1.29, 1.82) is 0 Å². The summed E-state index contributed by atoms with van der Waals surface area (Å²) in [6, 6.07) is 5.95. The van der Waals surface area contributed by atoms with Crippen LogP contribution in [0, 0.1) is 6.92 Å². The van der Waals surface area contributed by atoms with E-state index in [1.807, 2.05) is 35.7 Å². The van der Waals surface area contributed by atoms with Gasteiger partial charge in [-0.3, -0.25) is 4.79 Å². The molecule has 0 atom stereocenters. The summed E-state index contributed by atoms with van der Waals surface area (Å²) in [6.07, 6.45) is 3.15. The number of nitrogens with zero attached hydrogens (tertiary/aromatic N) is 2. The van der Waals surface area contributed by atoms with Gasteiger partial charge in [0, 0.05) is 18.3 Å². The zero-order valence-corrected chi connectivity index (χ0v) is 10.5. The Bertz CT molecular complexity index is 547. The first-order chi connectivity index (χ1) is 8.70. The van der Waals surface area contributed by atoms with E-state index in [1.54, 1.807) is 0 Å². The van der Waals surface area contributed by atoms with Crippen molar-refractivity contribution in [3.05, 3.63) is 35.8 Å². The van der Waals surface area contributed by atoms with Crippen LogP contribution in [0.4, 0.5) is 0 Å². The Balaban J connectivity index is 2.00. The van der Waals surface area contributed by atoms with Gasteiger partial charge in [0.15, 0.2) is 0 Å². The van der Waals surface area contributed by atoms with E-state index in [-0.39, 0.29) is 5.91 Å². The molecule has 96 valence electrons. The maximum atomic E-state index is 11.5. The molecule has 0 saturated heterocycles. The van der Waals surface area contributed by atoms with Crippen LogP contribution in [0.15, 0.2) is 24.4 Å².